The van der Waals surface area contributed by atoms with Gasteiger partial charge in [-0.25, -0.2) is 0 Å². The summed E-state index contributed by atoms with van der Waals surface area (Å²) in [7, 11) is 0. The molecule has 0 aromatic rings. The molecule has 2 rings (SSSR count). The van der Waals surface area contributed by atoms with Gasteiger partial charge in [0.25, 0.3) is 0 Å². The molecule has 108 valence electrons. The Morgan fingerprint density at radius 1 is 1.37 bits per heavy atom. The zero-order valence-electron chi connectivity index (χ0n) is 11.9. The molecule has 0 aromatic heterocycles. The first-order valence-corrected chi connectivity index (χ1v) is 7.21. The zero-order chi connectivity index (χ0) is 13.9. The van der Waals surface area contributed by atoms with Crippen molar-refractivity contribution in [1.29, 1.82) is 0 Å². The largest absolute Gasteiger partial charge is 0.378 e. The van der Waals surface area contributed by atoms with Crippen molar-refractivity contribution in [2.75, 3.05) is 19.7 Å². The molecule has 0 spiro atoms. The van der Waals surface area contributed by atoms with Gasteiger partial charge in [-0.15, -0.1) is 0 Å². The summed E-state index contributed by atoms with van der Waals surface area (Å²) in [5.74, 6) is -0.0380. The Morgan fingerprint density at radius 3 is 2.84 bits per heavy atom. The number of nitrogens with one attached hydrogen (secondary N) is 1. The van der Waals surface area contributed by atoms with Crippen LogP contribution in [0.3, 0.4) is 0 Å². The molecule has 2 fully saturated rings. The van der Waals surface area contributed by atoms with Crippen LogP contribution in [0, 0.1) is 0 Å². The molecule has 2 heterocycles. The predicted octanol–water partition coefficient (Wildman–Crippen LogP) is 1.07. The lowest BCUT2D eigenvalue weighted by Gasteiger charge is -2.30. The molecule has 0 bridgehead atoms. The zero-order valence-corrected chi connectivity index (χ0v) is 11.9. The summed E-state index contributed by atoms with van der Waals surface area (Å²) < 4.78 is 5.69. The maximum Gasteiger partial charge on any atom is 0.247 e. The number of carbonyl (C=O) groups is 2. The third kappa shape index (κ3) is 3.69. The molecule has 1 unspecified atom stereocenters. The molecule has 0 radical (unpaired) electrons. The monoisotopic (exact) mass is 268 g/mol. The van der Waals surface area contributed by atoms with Crippen molar-refractivity contribution in [2.45, 2.75) is 57.6 Å². The van der Waals surface area contributed by atoms with Crippen LogP contribution in [0.15, 0.2) is 0 Å². The van der Waals surface area contributed by atoms with E-state index in [0.717, 1.165) is 25.9 Å². The highest BCUT2D eigenvalue weighted by molar-refractivity contribution is 5.92. The molecule has 2 aliphatic heterocycles. The summed E-state index contributed by atoms with van der Waals surface area (Å²) in [4.78, 5) is 25.7. The number of amides is 2. The lowest BCUT2D eigenvalue weighted by atomic mass is 10.0. The van der Waals surface area contributed by atoms with Crippen molar-refractivity contribution >= 4 is 11.8 Å². The standard InChI is InChI=1S/C14H24N2O3/c1-14(2)13(18)16(9-7-12(17)15-14)8-6-11-5-3-4-10-19-11/h11H,3-10H2,1-2H3,(H,15,17). The average molecular weight is 268 g/mol. The number of hydrogen-bond donors (Lipinski definition) is 1. The number of ether oxygens (including phenoxy) is 1. The van der Waals surface area contributed by atoms with Crippen LogP contribution in [-0.2, 0) is 14.3 Å². The van der Waals surface area contributed by atoms with Gasteiger partial charge in [0, 0.05) is 26.1 Å². The minimum atomic E-state index is -0.791. The smallest absolute Gasteiger partial charge is 0.247 e. The molecule has 19 heavy (non-hydrogen) atoms. The van der Waals surface area contributed by atoms with Crippen molar-refractivity contribution in [3.05, 3.63) is 0 Å². The van der Waals surface area contributed by atoms with Crippen molar-refractivity contribution in [1.82, 2.24) is 10.2 Å². The molecule has 1 atom stereocenters. The van der Waals surface area contributed by atoms with Gasteiger partial charge in [-0.2, -0.15) is 0 Å². The summed E-state index contributed by atoms with van der Waals surface area (Å²) in [6.45, 7) is 5.57. The van der Waals surface area contributed by atoms with E-state index in [2.05, 4.69) is 5.32 Å². The first kappa shape index (κ1) is 14.3. The van der Waals surface area contributed by atoms with E-state index in [4.69, 9.17) is 4.74 Å². The van der Waals surface area contributed by atoms with Crippen LogP contribution in [0.2, 0.25) is 0 Å². The average Bonchev–Trinajstić information content (AvgIpc) is 2.47. The van der Waals surface area contributed by atoms with Crippen molar-refractivity contribution in [2.24, 2.45) is 0 Å². The summed E-state index contributed by atoms with van der Waals surface area (Å²) in [5.41, 5.74) is -0.791. The van der Waals surface area contributed by atoms with E-state index in [1.54, 1.807) is 18.7 Å². The second kappa shape index (κ2) is 5.90. The number of rotatable bonds is 3. The molecular formula is C14H24N2O3. The lowest BCUT2D eigenvalue weighted by Crippen LogP contribution is -2.53. The SMILES string of the molecule is CC1(C)NC(=O)CCN(CCC2CCCCO2)C1=O. The first-order chi connectivity index (χ1) is 8.99. The van der Waals surface area contributed by atoms with Gasteiger partial charge in [-0.05, 0) is 39.5 Å². The number of hydrogen-bond acceptors (Lipinski definition) is 3. The lowest BCUT2D eigenvalue weighted by molar-refractivity contribution is -0.137. The van der Waals surface area contributed by atoms with E-state index in [1.165, 1.54) is 6.42 Å². The van der Waals surface area contributed by atoms with Crippen LogP contribution in [0.4, 0.5) is 0 Å². The van der Waals surface area contributed by atoms with E-state index in [-0.39, 0.29) is 17.9 Å². The van der Waals surface area contributed by atoms with E-state index in [9.17, 15) is 9.59 Å². The Labute approximate surface area is 114 Å². The van der Waals surface area contributed by atoms with Crippen LogP contribution in [0.1, 0.15) is 46.0 Å². The molecule has 2 saturated heterocycles. The van der Waals surface area contributed by atoms with E-state index in [0.29, 0.717) is 19.5 Å². The molecule has 1 N–H and O–H groups in total. The Balaban J connectivity index is 1.90. The normalized spacial score (nSPS) is 27.9. The summed E-state index contributed by atoms with van der Waals surface area (Å²) in [6, 6.07) is 0. The quantitative estimate of drug-likeness (QED) is 0.833. The van der Waals surface area contributed by atoms with Crippen LogP contribution >= 0.6 is 0 Å². The van der Waals surface area contributed by atoms with Gasteiger partial charge in [0.1, 0.15) is 5.54 Å². The summed E-state index contributed by atoms with van der Waals surface area (Å²) in [6.07, 6.45) is 4.98. The summed E-state index contributed by atoms with van der Waals surface area (Å²) >= 11 is 0. The highest BCUT2D eigenvalue weighted by Gasteiger charge is 2.36. The Bertz CT molecular complexity index is 349. The van der Waals surface area contributed by atoms with Crippen LogP contribution in [-0.4, -0.2) is 48.1 Å². The van der Waals surface area contributed by atoms with Crippen LogP contribution in [0.5, 0.6) is 0 Å². The second-order valence-corrected chi connectivity index (χ2v) is 5.99. The van der Waals surface area contributed by atoms with Crippen molar-refractivity contribution in [3.8, 4) is 0 Å². The van der Waals surface area contributed by atoms with E-state index >= 15 is 0 Å². The second-order valence-electron chi connectivity index (χ2n) is 5.99. The van der Waals surface area contributed by atoms with E-state index < -0.39 is 5.54 Å². The summed E-state index contributed by atoms with van der Waals surface area (Å²) in [5, 5.41) is 2.77. The molecule has 2 amide bonds. The van der Waals surface area contributed by atoms with Gasteiger partial charge in [-0.3, -0.25) is 9.59 Å². The maximum atomic E-state index is 12.4. The first-order valence-electron chi connectivity index (χ1n) is 7.21. The molecular weight excluding hydrogens is 244 g/mol. The van der Waals surface area contributed by atoms with Crippen LogP contribution in [0.25, 0.3) is 0 Å². The van der Waals surface area contributed by atoms with Crippen molar-refractivity contribution < 1.29 is 14.3 Å². The Morgan fingerprint density at radius 2 is 2.16 bits per heavy atom. The van der Waals surface area contributed by atoms with E-state index in [1.807, 2.05) is 0 Å². The van der Waals surface area contributed by atoms with Gasteiger partial charge < -0.3 is 15.0 Å². The topological polar surface area (TPSA) is 58.6 Å². The van der Waals surface area contributed by atoms with Crippen LogP contribution < -0.4 is 5.32 Å². The predicted molar refractivity (Wildman–Crippen MR) is 71.6 cm³/mol. The fourth-order valence-electron chi connectivity index (χ4n) is 2.75. The number of nitrogens with zero attached hydrogens (tertiary/aromatic N) is 1. The maximum absolute atomic E-state index is 12.4. The molecule has 0 aliphatic carbocycles. The van der Waals surface area contributed by atoms with Gasteiger partial charge in [0.05, 0.1) is 6.10 Å². The minimum absolute atomic E-state index is 0.00848. The molecule has 0 saturated carbocycles. The third-order valence-electron chi connectivity index (χ3n) is 3.88. The minimum Gasteiger partial charge on any atom is -0.378 e. The van der Waals surface area contributed by atoms with Gasteiger partial charge >= 0.3 is 0 Å². The Hall–Kier alpha value is -1.10. The fourth-order valence-corrected chi connectivity index (χ4v) is 2.75. The number of carbonyl (C=O) groups excluding carboxylic acids is 2. The molecule has 5 heteroatoms. The molecule has 0 aromatic carbocycles. The van der Waals surface area contributed by atoms with Gasteiger partial charge in [-0.1, -0.05) is 0 Å². The van der Waals surface area contributed by atoms with Gasteiger partial charge in [0.2, 0.25) is 11.8 Å². The third-order valence-corrected chi connectivity index (χ3v) is 3.88. The fraction of sp³-hybridized carbons (Fsp3) is 0.857. The van der Waals surface area contributed by atoms with Crippen molar-refractivity contribution in [3.63, 3.8) is 0 Å². The molecule has 5 nitrogen and oxygen atoms in total. The Kier molecular flexibility index (Phi) is 4.45. The molecule has 2 aliphatic rings. The highest BCUT2D eigenvalue weighted by Crippen LogP contribution is 2.18. The highest BCUT2D eigenvalue weighted by atomic mass is 16.5. The van der Waals surface area contributed by atoms with Gasteiger partial charge in [0.15, 0.2) is 0 Å².